The summed E-state index contributed by atoms with van der Waals surface area (Å²) < 4.78 is 27.1. The van der Waals surface area contributed by atoms with Crippen molar-refractivity contribution in [3.8, 4) is 0 Å². The number of aromatic amines is 1. The molecule has 0 saturated carbocycles. The number of nitrogens with zero attached hydrogens (tertiary/aromatic N) is 1. The van der Waals surface area contributed by atoms with E-state index in [1.54, 1.807) is 16.6 Å². The highest BCUT2D eigenvalue weighted by Crippen LogP contribution is 2.28. The monoisotopic (exact) mass is 299 g/mol. The summed E-state index contributed by atoms with van der Waals surface area (Å²) in [5.41, 5.74) is 0.906. The summed E-state index contributed by atoms with van der Waals surface area (Å²) in [7, 11) is -3.37. The van der Waals surface area contributed by atoms with Gasteiger partial charge in [-0.05, 0) is 38.3 Å². The van der Waals surface area contributed by atoms with Crippen LogP contribution in [0.25, 0.3) is 0 Å². The minimum atomic E-state index is -3.37. The first-order valence-electron chi connectivity index (χ1n) is 7.35. The van der Waals surface area contributed by atoms with Gasteiger partial charge in [0, 0.05) is 31.0 Å². The van der Waals surface area contributed by atoms with E-state index in [4.69, 9.17) is 0 Å². The summed E-state index contributed by atoms with van der Waals surface area (Å²) in [6.07, 6.45) is 3.65. The van der Waals surface area contributed by atoms with Gasteiger partial charge in [-0.15, -0.1) is 0 Å². The molecule has 2 heterocycles. The van der Waals surface area contributed by atoms with Gasteiger partial charge >= 0.3 is 0 Å². The Hall–Kier alpha value is -0.850. The van der Waals surface area contributed by atoms with Crippen LogP contribution in [0.2, 0.25) is 0 Å². The lowest BCUT2D eigenvalue weighted by Gasteiger charge is -2.35. The zero-order valence-corrected chi connectivity index (χ0v) is 13.3. The Morgan fingerprint density at radius 3 is 2.85 bits per heavy atom. The highest BCUT2D eigenvalue weighted by Gasteiger charge is 2.33. The highest BCUT2D eigenvalue weighted by molar-refractivity contribution is 7.89. The third-order valence-electron chi connectivity index (χ3n) is 3.95. The molecule has 5 nitrogen and oxygen atoms in total. The first-order valence-corrected chi connectivity index (χ1v) is 8.79. The van der Waals surface area contributed by atoms with Gasteiger partial charge in [0.1, 0.15) is 0 Å². The summed E-state index contributed by atoms with van der Waals surface area (Å²) in [5, 5.41) is 3.19. The van der Waals surface area contributed by atoms with E-state index in [9.17, 15) is 8.42 Å². The van der Waals surface area contributed by atoms with Gasteiger partial charge in [-0.25, -0.2) is 8.42 Å². The van der Waals surface area contributed by atoms with Crippen molar-refractivity contribution in [2.75, 3.05) is 13.1 Å². The number of sulfonamides is 1. The number of hydrogen-bond donors (Lipinski definition) is 2. The minimum absolute atomic E-state index is 0.0864. The first kappa shape index (κ1) is 15.5. The lowest BCUT2D eigenvalue weighted by atomic mass is 9.97. The van der Waals surface area contributed by atoms with E-state index in [0.29, 0.717) is 23.9 Å². The largest absolute Gasteiger partial charge is 0.363 e. The summed E-state index contributed by atoms with van der Waals surface area (Å²) in [4.78, 5) is 3.42. The van der Waals surface area contributed by atoms with Crippen LogP contribution in [0, 0.1) is 5.92 Å². The van der Waals surface area contributed by atoms with Crippen LogP contribution in [0.3, 0.4) is 0 Å². The van der Waals surface area contributed by atoms with Crippen molar-refractivity contribution in [3.63, 3.8) is 0 Å². The molecule has 0 bridgehead atoms. The van der Waals surface area contributed by atoms with Crippen LogP contribution in [0.15, 0.2) is 17.2 Å². The van der Waals surface area contributed by atoms with Crippen LogP contribution in [0.1, 0.15) is 39.3 Å². The molecule has 0 radical (unpaired) electrons. The smallest absolute Gasteiger partial charge is 0.244 e. The molecule has 0 spiro atoms. The molecule has 2 N–H and O–H groups in total. The fraction of sp³-hybridized carbons (Fsp3) is 0.714. The third-order valence-corrected chi connectivity index (χ3v) is 5.91. The number of piperidine rings is 1. The molecule has 1 aromatic heterocycles. The normalized spacial score (nSPS) is 24.9. The Morgan fingerprint density at radius 2 is 2.15 bits per heavy atom. The van der Waals surface area contributed by atoms with Crippen molar-refractivity contribution >= 4 is 10.0 Å². The number of hydrogen-bond acceptors (Lipinski definition) is 3. The molecule has 114 valence electrons. The van der Waals surface area contributed by atoms with E-state index in [-0.39, 0.29) is 6.04 Å². The van der Waals surface area contributed by atoms with Crippen LogP contribution in [0.5, 0.6) is 0 Å². The molecule has 1 aliphatic heterocycles. The topological polar surface area (TPSA) is 65.2 Å². The molecular formula is C14H25N3O2S. The predicted molar refractivity (Wildman–Crippen MR) is 79.9 cm³/mol. The summed E-state index contributed by atoms with van der Waals surface area (Å²) in [6, 6.07) is 1.83. The van der Waals surface area contributed by atoms with Crippen LogP contribution < -0.4 is 5.32 Å². The molecule has 0 amide bonds. The second kappa shape index (κ2) is 6.28. The molecule has 1 fully saturated rings. The summed E-state index contributed by atoms with van der Waals surface area (Å²) >= 11 is 0. The van der Waals surface area contributed by atoms with Crippen molar-refractivity contribution in [1.29, 1.82) is 0 Å². The predicted octanol–water partition coefficient (Wildman–Crippen LogP) is 1.93. The molecule has 1 saturated heterocycles. The minimum Gasteiger partial charge on any atom is -0.363 e. The Bertz CT molecular complexity index is 538. The molecule has 6 heteroatoms. The van der Waals surface area contributed by atoms with E-state index in [1.807, 2.05) is 13.8 Å². The molecule has 1 aliphatic rings. The van der Waals surface area contributed by atoms with Crippen LogP contribution in [-0.2, 0) is 16.6 Å². The summed E-state index contributed by atoms with van der Waals surface area (Å²) in [6.45, 7) is 8.28. The zero-order chi connectivity index (χ0) is 14.8. The molecule has 1 aromatic rings. The van der Waals surface area contributed by atoms with Gasteiger partial charge in [0.2, 0.25) is 10.0 Å². The number of aromatic nitrogens is 1. The summed E-state index contributed by atoms with van der Waals surface area (Å²) in [5.74, 6) is 0.432. The lowest BCUT2D eigenvalue weighted by Crippen LogP contribution is -2.44. The van der Waals surface area contributed by atoms with Gasteiger partial charge in [0.25, 0.3) is 0 Å². The lowest BCUT2D eigenvalue weighted by molar-refractivity contribution is 0.218. The second-order valence-electron chi connectivity index (χ2n) is 5.75. The van der Waals surface area contributed by atoms with E-state index in [0.717, 1.165) is 25.1 Å². The SMILES string of the molecule is CCNCc1cc(S(=O)(=O)N2CC(C)CCC2C)c[nH]1. The number of nitrogens with one attached hydrogen (secondary N) is 2. The van der Waals surface area contributed by atoms with Gasteiger partial charge in [-0.1, -0.05) is 13.8 Å². The van der Waals surface area contributed by atoms with Crippen molar-refractivity contribution in [3.05, 3.63) is 18.0 Å². The number of H-pyrrole nitrogens is 1. The maximum Gasteiger partial charge on any atom is 0.244 e. The standard InChI is InChI=1S/C14H25N3O2S/c1-4-15-8-13-7-14(9-16-13)20(18,19)17-10-11(2)5-6-12(17)3/h7,9,11-12,15-16H,4-6,8,10H2,1-3H3. The second-order valence-corrected chi connectivity index (χ2v) is 7.64. The quantitative estimate of drug-likeness (QED) is 0.873. The van der Waals surface area contributed by atoms with E-state index < -0.39 is 10.0 Å². The maximum absolute atomic E-state index is 12.7. The van der Waals surface area contributed by atoms with Crippen molar-refractivity contribution < 1.29 is 8.42 Å². The van der Waals surface area contributed by atoms with Gasteiger partial charge < -0.3 is 10.3 Å². The van der Waals surface area contributed by atoms with Gasteiger partial charge in [0.05, 0.1) is 4.90 Å². The Balaban J connectivity index is 2.18. The molecule has 0 aliphatic carbocycles. The third kappa shape index (κ3) is 3.24. The maximum atomic E-state index is 12.7. The average molecular weight is 299 g/mol. The molecule has 2 rings (SSSR count). The Morgan fingerprint density at radius 1 is 1.40 bits per heavy atom. The fourth-order valence-corrected chi connectivity index (χ4v) is 4.45. The fourth-order valence-electron chi connectivity index (χ4n) is 2.65. The Kier molecular flexibility index (Phi) is 4.88. The molecular weight excluding hydrogens is 274 g/mol. The van der Waals surface area contributed by atoms with Crippen molar-refractivity contribution in [1.82, 2.24) is 14.6 Å². The molecule has 2 unspecified atom stereocenters. The average Bonchev–Trinajstić information content (AvgIpc) is 2.88. The number of rotatable bonds is 5. The van der Waals surface area contributed by atoms with Gasteiger partial charge in [0.15, 0.2) is 0 Å². The van der Waals surface area contributed by atoms with Crippen LogP contribution in [0.4, 0.5) is 0 Å². The van der Waals surface area contributed by atoms with Crippen molar-refractivity contribution in [2.24, 2.45) is 5.92 Å². The molecule has 2 atom stereocenters. The van der Waals surface area contributed by atoms with Crippen LogP contribution in [-0.4, -0.2) is 36.8 Å². The molecule has 20 heavy (non-hydrogen) atoms. The highest BCUT2D eigenvalue weighted by atomic mass is 32.2. The molecule has 0 aromatic carbocycles. The van der Waals surface area contributed by atoms with E-state index in [1.165, 1.54) is 0 Å². The van der Waals surface area contributed by atoms with Gasteiger partial charge in [-0.2, -0.15) is 4.31 Å². The zero-order valence-electron chi connectivity index (χ0n) is 12.5. The van der Waals surface area contributed by atoms with Crippen LogP contribution >= 0.6 is 0 Å². The van der Waals surface area contributed by atoms with E-state index >= 15 is 0 Å². The van der Waals surface area contributed by atoms with E-state index in [2.05, 4.69) is 17.2 Å². The first-order chi connectivity index (χ1) is 9.45. The Labute approximate surface area is 121 Å². The van der Waals surface area contributed by atoms with Crippen molar-refractivity contribution in [2.45, 2.75) is 51.1 Å². The van der Waals surface area contributed by atoms with Gasteiger partial charge in [-0.3, -0.25) is 0 Å².